The monoisotopic (exact) mass is 596 g/mol. The van der Waals surface area contributed by atoms with Crippen LogP contribution in [0, 0.1) is 0 Å². The van der Waals surface area contributed by atoms with Crippen LogP contribution in [-0.2, 0) is 5.41 Å². The molecule has 2 nitrogen and oxygen atoms in total. The Morgan fingerprint density at radius 3 is 1.93 bits per heavy atom. The smallest absolute Gasteiger partial charge is 0.0727 e. The predicted molar refractivity (Wildman–Crippen MR) is 195 cm³/mol. The zero-order valence-electron chi connectivity index (χ0n) is 25.6. The second-order valence-corrected chi connectivity index (χ2v) is 14.1. The van der Waals surface area contributed by atoms with E-state index < -0.39 is 0 Å². The second kappa shape index (κ2) is 9.69. The van der Waals surface area contributed by atoms with Gasteiger partial charge in [-0.05, 0) is 59.0 Å². The van der Waals surface area contributed by atoms with E-state index in [0.717, 1.165) is 0 Å². The van der Waals surface area contributed by atoms with Crippen LogP contribution in [0.25, 0.3) is 75.5 Å². The molecule has 3 heteroatoms. The molecular formula is C42H32N2S. The lowest BCUT2D eigenvalue weighted by molar-refractivity contribution is 0.591. The third-order valence-corrected chi connectivity index (χ3v) is 10.5. The Balaban J connectivity index is 1.54. The summed E-state index contributed by atoms with van der Waals surface area (Å²) in [5, 5.41) is 6.42. The number of hydrogen-bond acceptors (Lipinski definition) is 1. The molecule has 3 heterocycles. The van der Waals surface area contributed by atoms with E-state index in [4.69, 9.17) is 0 Å². The molecule has 0 saturated heterocycles. The molecule has 0 aliphatic heterocycles. The molecule has 0 saturated carbocycles. The Hall–Kier alpha value is -5.12. The fraction of sp³-hybridized carbons (Fsp3) is 0.0952. The zero-order valence-corrected chi connectivity index (χ0v) is 26.4. The fourth-order valence-electron chi connectivity index (χ4n) is 7.15. The van der Waals surface area contributed by atoms with Gasteiger partial charge in [-0.25, -0.2) is 0 Å². The summed E-state index contributed by atoms with van der Waals surface area (Å²) >= 11 is 1.88. The molecule has 0 aliphatic carbocycles. The molecule has 0 unspecified atom stereocenters. The SMILES string of the molecule is CC(C)(C)c1ccc2c(c1)c1ccc3c(c4ccccc4n3-c3ccccc3)c1n2-c1c(-c2ccccc2)sc2ccccc12. The Morgan fingerprint density at radius 1 is 0.511 bits per heavy atom. The van der Waals surface area contributed by atoms with Gasteiger partial charge >= 0.3 is 0 Å². The first-order valence-electron chi connectivity index (χ1n) is 15.6. The lowest BCUT2D eigenvalue weighted by Gasteiger charge is -2.19. The average Bonchev–Trinajstić information content (AvgIpc) is 3.72. The highest BCUT2D eigenvalue weighted by atomic mass is 32.1. The maximum absolute atomic E-state index is 2.59. The number of fused-ring (bicyclic) bond motifs is 8. The third-order valence-electron chi connectivity index (χ3n) is 9.27. The van der Waals surface area contributed by atoms with E-state index in [-0.39, 0.29) is 5.41 Å². The van der Waals surface area contributed by atoms with Crippen molar-refractivity contribution in [2.45, 2.75) is 26.2 Å². The Morgan fingerprint density at radius 2 is 1.16 bits per heavy atom. The van der Waals surface area contributed by atoms with Crippen molar-refractivity contribution < 1.29 is 0 Å². The van der Waals surface area contributed by atoms with Crippen LogP contribution in [0.15, 0.2) is 140 Å². The van der Waals surface area contributed by atoms with E-state index in [9.17, 15) is 0 Å². The van der Waals surface area contributed by atoms with Gasteiger partial charge in [0.15, 0.2) is 0 Å². The van der Waals surface area contributed by atoms with Gasteiger partial charge in [-0.15, -0.1) is 11.3 Å². The highest BCUT2D eigenvalue weighted by Gasteiger charge is 2.25. The third kappa shape index (κ3) is 3.87. The van der Waals surface area contributed by atoms with Crippen molar-refractivity contribution in [1.29, 1.82) is 0 Å². The first kappa shape index (κ1) is 26.3. The molecule has 45 heavy (non-hydrogen) atoms. The molecule has 0 atom stereocenters. The summed E-state index contributed by atoms with van der Waals surface area (Å²) < 4.78 is 6.31. The molecule has 0 amide bonds. The fourth-order valence-corrected chi connectivity index (χ4v) is 8.35. The van der Waals surface area contributed by atoms with Crippen molar-refractivity contribution in [3.63, 3.8) is 0 Å². The zero-order chi connectivity index (χ0) is 30.3. The first-order chi connectivity index (χ1) is 22.0. The maximum Gasteiger partial charge on any atom is 0.0727 e. The second-order valence-electron chi connectivity index (χ2n) is 13.0. The Bertz CT molecular complexity index is 2560. The summed E-state index contributed by atoms with van der Waals surface area (Å²) in [6.45, 7) is 6.91. The molecule has 6 aromatic carbocycles. The van der Waals surface area contributed by atoms with Crippen molar-refractivity contribution in [2.75, 3.05) is 0 Å². The van der Waals surface area contributed by atoms with Crippen molar-refractivity contribution >= 4 is 65.0 Å². The van der Waals surface area contributed by atoms with Crippen molar-refractivity contribution in [3.8, 4) is 21.8 Å². The van der Waals surface area contributed by atoms with Gasteiger partial charge in [0.05, 0.1) is 32.6 Å². The molecular weight excluding hydrogens is 565 g/mol. The highest BCUT2D eigenvalue weighted by molar-refractivity contribution is 7.22. The Labute approximate surface area is 266 Å². The van der Waals surface area contributed by atoms with E-state index in [2.05, 4.69) is 169 Å². The summed E-state index contributed by atoms with van der Waals surface area (Å²) in [6.07, 6.45) is 0. The van der Waals surface area contributed by atoms with Gasteiger partial charge in [-0.3, -0.25) is 0 Å². The molecule has 216 valence electrons. The molecule has 9 rings (SSSR count). The highest BCUT2D eigenvalue weighted by Crippen LogP contribution is 2.48. The van der Waals surface area contributed by atoms with E-state index in [1.165, 1.54) is 81.1 Å². The van der Waals surface area contributed by atoms with Gasteiger partial charge in [0, 0.05) is 37.3 Å². The van der Waals surface area contributed by atoms with Crippen molar-refractivity contribution in [3.05, 3.63) is 145 Å². The summed E-state index contributed by atoms with van der Waals surface area (Å²) in [6, 6.07) is 51.3. The summed E-state index contributed by atoms with van der Waals surface area (Å²) in [7, 11) is 0. The number of benzene rings is 6. The van der Waals surface area contributed by atoms with Crippen LogP contribution in [0.5, 0.6) is 0 Å². The standard InChI is InChI=1S/C42H32N2S/c1-42(2,3)28-22-24-35-33(26-28)30-23-25-36-38(31-18-10-12-20-34(31)43(36)29-16-8-5-9-17-29)39(30)44(35)40-32-19-11-13-21-37(32)45-41(40)27-14-6-4-7-15-27/h4-26H,1-3H3. The van der Waals surface area contributed by atoms with Crippen LogP contribution in [0.3, 0.4) is 0 Å². The van der Waals surface area contributed by atoms with Crippen LogP contribution in [0.4, 0.5) is 0 Å². The largest absolute Gasteiger partial charge is 0.309 e. The summed E-state index contributed by atoms with van der Waals surface area (Å²) in [5.41, 5.74) is 10.0. The van der Waals surface area contributed by atoms with E-state index in [1.54, 1.807) is 0 Å². The first-order valence-corrected chi connectivity index (χ1v) is 16.4. The number of rotatable bonds is 3. The molecule has 0 spiro atoms. The van der Waals surface area contributed by atoms with Crippen molar-refractivity contribution in [2.24, 2.45) is 0 Å². The molecule has 0 radical (unpaired) electrons. The lowest BCUT2D eigenvalue weighted by Crippen LogP contribution is -2.10. The minimum absolute atomic E-state index is 0.0420. The van der Waals surface area contributed by atoms with Gasteiger partial charge in [-0.2, -0.15) is 0 Å². The maximum atomic E-state index is 2.59. The van der Waals surface area contributed by atoms with E-state index in [0.29, 0.717) is 0 Å². The number of thiophene rings is 1. The predicted octanol–water partition coefficient (Wildman–Crippen LogP) is 12.1. The van der Waals surface area contributed by atoms with Crippen LogP contribution in [0.1, 0.15) is 26.3 Å². The molecule has 9 aromatic rings. The molecule has 0 fully saturated rings. The van der Waals surface area contributed by atoms with Gasteiger partial charge in [0.2, 0.25) is 0 Å². The molecule has 3 aromatic heterocycles. The van der Waals surface area contributed by atoms with Gasteiger partial charge in [0.1, 0.15) is 0 Å². The quantitative estimate of drug-likeness (QED) is 0.192. The van der Waals surface area contributed by atoms with E-state index >= 15 is 0 Å². The lowest BCUT2D eigenvalue weighted by atomic mass is 9.86. The number of hydrogen-bond donors (Lipinski definition) is 0. The minimum Gasteiger partial charge on any atom is -0.309 e. The summed E-state index contributed by atoms with van der Waals surface area (Å²) in [5.74, 6) is 0. The number of aromatic nitrogens is 2. The normalized spacial score (nSPS) is 12.3. The number of para-hydroxylation sites is 2. The van der Waals surface area contributed by atoms with Crippen LogP contribution in [0.2, 0.25) is 0 Å². The van der Waals surface area contributed by atoms with Crippen molar-refractivity contribution in [1.82, 2.24) is 9.13 Å². The van der Waals surface area contributed by atoms with Gasteiger partial charge in [-0.1, -0.05) is 118 Å². The minimum atomic E-state index is 0.0420. The molecule has 0 bridgehead atoms. The Kier molecular flexibility index (Phi) is 5.66. The topological polar surface area (TPSA) is 9.86 Å². The van der Waals surface area contributed by atoms with E-state index in [1.807, 2.05) is 11.3 Å². The average molecular weight is 597 g/mol. The summed E-state index contributed by atoms with van der Waals surface area (Å²) in [4.78, 5) is 1.29. The number of nitrogens with zero attached hydrogens (tertiary/aromatic N) is 2. The van der Waals surface area contributed by atoms with Crippen LogP contribution < -0.4 is 0 Å². The molecule has 0 aliphatic rings. The van der Waals surface area contributed by atoms with Gasteiger partial charge < -0.3 is 9.13 Å². The van der Waals surface area contributed by atoms with Crippen LogP contribution >= 0.6 is 11.3 Å². The van der Waals surface area contributed by atoms with Crippen LogP contribution in [-0.4, -0.2) is 9.13 Å². The van der Waals surface area contributed by atoms with Gasteiger partial charge in [0.25, 0.3) is 0 Å². The molecule has 0 N–H and O–H groups in total.